The second-order valence-corrected chi connectivity index (χ2v) is 9.24. The summed E-state index contributed by atoms with van der Waals surface area (Å²) in [5, 5.41) is 4.94. The van der Waals surface area contributed by atoms with Crippen LogP contribution in [-0.4, -0.2) is 46.3 Å². The van der Waals surface area contributed by atoms with Crippen LogP contribution in [0.25, 0.3) is 5.69 Å². The molecule has 2 aromatic rings. The third-order valence-corrected chi connectivity index (χ3v) is 7.27. The molecule has 5 rings (SSSR count). The lowest BCUT2D eigenvalue weighted by molar-refractivity contribution is -0.142. The first-order valence-electron chi connectivity index (χ1n) is 11.4. The summed E-state index contributed by atoms with van der Waals surface area (Å²) in [5.74, 6) is 0.809. The number of hydrogen-bond donors (Lipinski definition) is 1. The van der Waals surface area contributed by atoms with E-state index in [1.54, 1.807) is 0 Å². The van der Waals surface area contributed by atoms with Crippen LogP contribution < -0.4 is 5.73 Å². The number of amides is 1. The predicted octanol–water partition coefficient (Wildman–Crippen LogP) is 3.17. The zero-order chi connectivity index (χ0) is 20.6. The van der Waals surface area contributed by atoms with E-state index in [1.165, 1.54) is 5.56 Å². The number of aromatic nitrogens is 2. The van der Waals surface area contributed by atoms with Gasteiger partial charge in [-0.05, 0) is 68.6 Å². The molecule has 2 N–H and O–H groups in total. The van der Waals surface area contributed by atoms with Crippen LogP contribution >= 0.6 is 0 Å². The van der Waals surface area contributed by atoms with Crippen molar-refractivity contribution < 1.29 is 9.53 Å². The summed E-state index contributed by atoms with van der Waals surface area (Å²) in [6, 6.07) is 10.6. The molecule has 0 bridgehead atoms. The molecule has 30 heavy (non-hydrogen) atoms. The number of likely N-dealkylation sites (tertiary alicyclic amines) is 1. The molecule has 1 aromatic heterocycles. The number of nitrogens with two attached hydrogens (primary N) is 1. The molecule has 3 heterocycles. The van der Waals surface area contributed by atoms with E-state index in [-0.39, 0.29) is 5.60 Å². The van der Waals surface area contributed by atoms with Crippen molar-refractivity contribution in [2.45, 2.75) is 63.0 Å². The Balaban J connectivity index is 1.26. The lowest BCUT2D eigenvalue weighted by Gasteiger charge is -2.43. The number of benzene rings is 1. The maximum Gasteiger partial charge on any atom is 0.222 e. The number of ether oxygens (including phenoxy) is 1. The van der Waals surface area contributed by atoms with Gasteiger partial charge < -0.3 is 15.4 Å². The quantitative estimate of drug-likeness (QED) is 0.847. The number of carbonyl (C=O) groups is 1. The lowest BCUT2D eigenvalue weighted by Crippen LogP contribution is -2.48. The van der Waals surface area contributed by atoms with Crippen LogP contribution in [-0.2, 0) is 21.6 Å². The van der Waals surface area contributed by atoms with Crippen LogP contribution in [0.3, 0.4) is 0 Å². The van der Waals surface area contributed by atoms with Crippen molar-refractivity contribution in [3.63, 3.8) is 0 Å². The highest BCUT2D eigenvalue weighted by Gasteiger charge is 2.44. The van der Waals surface area contributed by atoms with E-state index in [0.717, 1.165) is 76.0 Å². The van der Waals surface area contributed by atoms with E-state index in [0.29, 0.717) is 24.3 Å². The van der Waals surface area contributed by atoms with Crippen LogP contribution in [0, 0.1) is 5.92 Å². The minimum atomic E-state index is -0.345. The molecule has 3 aliphatic rings. The highest BCUT2D eigenvalue weighted by Crippen LogP contribution is 2.41. The molecule has 2 fully saturated rings. The zero-order valence-electron chi connectivity index (χ0n) is 17.6. The Morgan fingerprint density at radius 1 is 1.13 bits per heavy atom. The van der Waals surface area contributed by atoms with Crippen molar-refractivity contribution >= 4 is 5.91 Å². The molecule has 1 saturated heterocycles. The predicted molar refractivity (Wildman–Crippen MR) is 115 cm³/mol. The van der Waals surface area contributed by atoms with Crippen LogP contribution in [0.1, 0.15) is 56.2 Å². The fourth-order valence-corrected chi connectivity index (χ4v) is 5.38. The maximum absolute atomic E-state index is 12.9. The molecule has 0 unspecified atom stereocenters. The summed E-state index contributed by atoms with van der Waals surface area (Å²) in [4.78, 5) is 14.9. The number of carbonyl (C=O) groups excluding carboxylic acids is 1. The van der Waals surface area contributed by atoms with Gasteiger partial charge in [0.25, 0.3) is 0 Å². The number of rotatable bonds is 3. The number of nitrogens with zero attached hydrogens (tertiary/aromatic N) is 3. The van der Waals surface area contributed by atoms with E-state index in [1.807, 2.05) is 27.8 Å². The van der Waals surface area contributed by atoms with E-state index in [4.69, 9.17) is 15.6 Å². The minimum Gasteiger partial charge on any atom is -0.368 e. The van der Waals surface area contributed by atoms with Gasteiger partial charge in [-0.25, -0.2) is 4.68 Å². The Morgan fingerprint density at radius 2 is 1.87 bits per heavy atom. The minimum absolute atomic E-state index is 0.302. The standard InChI is InChI=1S/C24H32N4O2/c25-20-8-6-18(7-9-20)16-22(29)27-13-11-24(12-14-27)23-19(10-15-30-24)17-28(26-23)21-4-2-1-3-5-21/h1-5,17-18,20H,6-16,25H2. The van der Waals surface area contributed by atoms with E-state index < -0.39 is 0 Å². The molecule has 1 amide bonds. The summed E-state index contributed by atoms with van der Waals surface area (Å²) < 4.78 is 8.32. The first kappa shape index (κ1) is 19.8. The van der Waals surface area contributed by atoms with Crippen LogP contribution in [0.2, 0.25) is 0 Å². The molecule has 1 aromatic carbocycles. The SMILES string of the molecule is NC1CCC(CC(=O)N2CCC3(CC2)OCCc2cn(-c4ccccc4)nc23)CC1. The third kappa shape index (κ3) is 3.79. The van der Waals surface area contributed by atoms with Gasteiger partial charge in [-0.15, -0.1) is 0 Å². The van der Waals surface area contributed by atoms with Crippen molar-refractivity contribution in [2.75, 3.05) is 19.7 Å². The summed E-state index contributed by atoms with van der Waals surface area (Å²) in [7, 11) is 0. The molecule has 0 radical (unpaired) electrons. The maximum atomic E-state index is 12.9. The van der Waals surface area contributed by atoms with Crippen LogP contribution in [0.15, 0.2) is 36.5 Å². The summed E-state index contributed by atoms with van der Waals surface area (Å²) >= 11 is 0. The van der Waals surface area contributed by atoms with Crippen molar-refractivity contribution in [3.05, 3.63) is 47.8 Å². The molecule has 0 atom stereocenters. The van der Waals surface area contributed by atoms with Crippen molar-refractivity contribution in [1.29, 1.82) is 0 Å². The first-order chi connectivity index (χ1) is 14.6. The summed E-state index contributed by atoms with van der Waals surface area (Å²) in [6.45, 7) is 2.23. The Labute approximate surface area is 178 Å². The average Bonchev–Trinajstić information content (AvgIpc) is 3.23. The molecule has 1 aliphatic carbocycles. The molecule has 160 valence electrons. The van der Waals surface area contributed by atoms with Crippen LogP contribution in [0.5, 0.6) is 0 Å². The molecular formula is C24H32N4O2. The van der Waals surface area contributed by atoms with Gasteiger partial charge in [0.2, 0.25) is 5.91 Å². The fourth-order valence-electron chi connectivity index (χ4n) is 5.38. The smallest absolute Gasteiger partial charge is 0.222 e. The van der Waals surface area contributed by atoms with Gasteiger partial charge in [0.05, 0.1) is 18.0 Å². The van der Waals surface area contributed by atoms with Crippen molar-refractivity contribution in [2.24, 2.45) is 11.7 Å². The Kier molecular flexibility index (Phi) is 5.37. The molecule has 6 heteroatoms. The van der Waals surface area contributed by atoms with E-state index >= 15 is 0 Å². The first-order valence-corrected chi connectivity index (χ1v) is 11.4. The molecule has 1 spiro atoms. The fraction of sp³-hybridized carbons (Fsp3) is 0.583. The zero-order valence-corrected chi connectivity index (χ0v) is 17.6. The van der Waals surface area contributed by atoms with Gasteiger partial charge in [-0.1, -0.05) is 18.2 Å². The van der Waals surface area contributed by atoms with Gasteiger partial charge >= 0.3 is 0 Å². The second-order valence-electron chi connectivity index (χ2n) is 9.24. The van der Waals surface area contributed by atoms with Crippen molar-refractivity contribution in [1.82, 2.24) is 14.7 Å². The number of hydrogen-bond acceptors (Lipinski definition) is 4. The summed E-state index contributed by atoms with van der Waals surface area (Å²) in [5.41, 5.74) is 9.09. The van der Waals surface area contributed by atoms with Gasteiger partial charge in [-0.2, -0.15) is 5.10 Å². The topological polar surface area (TPSA) is 73.4 Å². The van der Waals surface area contributed by atoms with Crippen LogP contribution in [0.4, 0.5) is 0 Å². The normalized spacial score (nSPS) is 25.8. The van der Waals surface area contributed by atoms with E-state index in [9.17, 15) is 4.79 Å². The number of fused-ring (bicyclic) bond motifs is 2. The van der Waals surface area contributed by atoms with Gasteiger partial charge in [0.15, 0.2) is 0 Å². The largest absolute Gasteiger partial charge is 0.368 e. The highest BCUT2D eigenvalue weighted by atomic mass is 16.5. The average molecular weight is 409 g/mol. The van der Waals surface area contributed by atoms with Crippen molar-refractivity contribution in [3.8, 4) is 5.69 Å². The molecule has 6 nitrogen and oxygen atoms in total. The molecule has 2 aliphatic heterocycles. The monoisotopic (exact) mass is 408 g/mol. The summed E-state index contributed by atoms with van der Waals surface area (Å²) in [6.07, 6.45) is 9.68. The highest BCUT2D eigenvalue weighted by molar-refractivity contribution is 5.76. The van der Waals surface area contributed by atoms with Gasteiger partial charge in [-0.3, -0.25) is 4.79 Å². The van der Waals surface area contributed by atoms with Gasteiger partial charge in [0.1, 0.15) is 5.60 Å². The Bertz CT molecular complexity index is 878. The third-order valence-electron chi connectivity index (χ3n) is 7.27. The van der Waals surface area contributed by atoms with Gasteiger partial charge in [0, 0.05) is 31.7 Å². The second kappa shape index (κ2) is 8.16. The lowest BCUT2D eigenvalue weighted by atomic mass is 9.82. The molecule has 1 saturated carbocycles. The van der Waals surface area contributed by atoms with E-state index in [2.05, 4.69) is 18.3 Å². The Morgan fingerprint density at radius 3 is 2.60 bits per heavy atom. The Hall–Kier alpha value is -2.18. The number of para-hydroxylation sites is 1. The molecular weight excluding hydrogens is 376 g/mol. The number of piperidine rings is 1.